The number of rotatable bonds is 4. The van der Waals surface area contributed by atoms with E-state index in [0.29, 0.717) is 18.6 Å². The largest absolute Gasteiger partial charge is 0.480 e. The van der Waals surface area contributed by atoms with E-state index < -0.39 is 17.3 Å². The number of hydrogen-bond acceptors (Lipinski definition) is 4. The minimum absolute atomic E-state index is 0.175. The molecule has 1 aromatic heterocycles. The average Bonchev–Trinajstić information content (AvgIpc) is 2.95. The molecule has 0 atom stereocenters. The van der Waals surface area contributed by atoms with E-state index in [9.17, 15) is 9.59 Å². The molecule has 1 heterocycles. The first-order valence-corrected chi connectivity index (χ1v) is 4.98. The van der Waals surface area contributed by atoms with Crippen LogP contribution in [0.5, 0.6) is 0 Å². The fraction of sp³-hybridized carbons (Fsp3) is 0.500. The molecule has 0 aliphatic heterocycles. The Labute approximate surface area is 91.6 Å². The van der Waals surface area contributed by atoms with Gasteiger partial charge in [-0.15, -0.1) is 0 Å². The minimum atomic E-state index is -1.20. The summed E-state index contributed by atoms with van der Waals surface area (Å²) in [4.78, 5) is 22.4. The van der Waals surface area contributed by atoms with E-state index in [0.717, 1.165) is 5.69 Å². The van der Waals surface area contributed by atoms with Crippen LogP contribution in [0.1, 0.15) is 24.3 Å². The first kappa shape index (κ1) is 10.7. The van der Waals surface area contributed by atoms with E-state index in [1.54, 1.807) is 13.0 Å². The second-order valence-electron chi connectivity index (χ2n) is 4.00. The molecule has 0 bridgehead atoms. The van der Waals surface area contributed by atoms with E-state index in [1.165, 1.54) is 0 Å². The van der Waals surface area contributed by atoms with Crippen LogP contribution in [0.25, 0.3) is 0 Å². The smallest absolute Gasteiger partial charge is 0.319 e. The maximum absolute atomic E-state index is 11.6. The number of carboxylic acid groups (broad SMARTS) is 1. The molecule has 1 aliphatic carbocycles. The van der Waals surface area contributed by atoms with E-state index >= 15 is 0 Å². The van der Waals surface area contributed by atoms with Crippen molar-refractivity contribution in [3.05, 3.63) is 17.5 Å². The Morgan fingerprint density at radius 1 is 1.62 bits per heavy atom. The number of carboxylic acids is 1. The Morgan fingerprint density at radius 3 is 2.75 bits per heavy atom. The maximum Gasteiger partial charge on any atom is 0.319 e. The van der Waals surface area contributed by atoms with Crippen molar-refractivity contribution < 1.29 is 19.2 Å². The van der Waals surface area contributed by atoms with Gasteiger partial charge in [-0.3, -0.25) is 9.59 Å². The van der Waals surface area contributed by atoms with Crippen LogP contribution in [-0.4, -0.2) is 22.1 Å². The lowest BCUT2D eigenvalue weighted by Gasteiger charge is -2.08. The molecule has 0 spiro atoms. The Morgan fingerprint density at radius 2 is 2.31 bits per heavy atom. The third-order valence-electron chi connectivity index (χ3n) is 2.69. The van der Waals surface area contributed by atoms with Gasteiger partial charge in [-0.2, -0.15) is 0 Å². The number of aromatic nitrogens is 1. The van der Waals surface area contributed by atoms with Crippen LogP contribution in [-0.2, 0) is 16.1 Å². The van der Waals surface area contributed by atoms with Crippen LogP contribution in [0, 0.1) is 12.3 Å². The lowest BCUT2D eigenvalue weighted by molar-refractivity contribution is -0.149. The summed E-state index contributed by atoms with van der Waals surface area (Å²) in [5.74, 6) is -0.986. The highest BCUT2D eigenvalue weighted by molar-refractivity contribution is 6.04. The van der Waals surface area contributed by atoms with Crippen LogP contribution in [0.15, 0.2) is 10.6 Å². The summed E-state index contributed by atoms with van der Waals surface area (Å²) in [6, 6.07) is 1.70. The van der Waals surface area contributed by atoms with Gasteiger partial charge in [0.15, 0.2) is 5.76 Å². The average molecular weight is 224 g/mol. The number of aryl methyl sites for hydroxylation is 1. The maximum atomic E-state index is 11.6. The van der Waals surface area contributed by atoms with Crippen molar-refractivity contribution in [3.63, 3.8) is 0 Å². The van der Waals surface area contributed by atoms with Gasteiger partial charge in [0, 0.05) is 6.07 Å². The zero-order chi connectivity index (χ0) is 11.8. The molecule has 0 unspecified atom stereocenters. The van der Waals surface area contributed by atoms with Gasteiger partial charge in [0.2, 0.25) is 5.91 Å². The molecule has 6 heteroatoms. The van der Waals surface area contributed by atoms with Crippen LogP contribution in [0.4, 0.5) is 0 Å². The van der Waals surface area contributed by atoms with Crippen molar-refractivity contribution in [1.29, 1.82) is 0 Å². The molecule has 1 fully saturated rings. The summed E-state index contributed by atoms with van der Waals surface area (Å²) in [5.41, 5.74) is -0.474. The number of amides is 1. The number of nitrogens with zero attached hydrogens (tertiary/aromatic N) is 1. The molecule has 1 amide bonds. The van der Waals surface area contributed by atoms with Gasteiger partial charge in [0.25, 0.3) is 0 Å². The highest BCUT2D eigenvalue weighted by atomic mass is 16.5. The highest BCUT2D eigenvalue weighted by Crippen LogP contribution is 2.46. The number of aliphatic carboxylic acids is 1. The van der Waals surface area contributed by atoms with Crippen LogP contribution in [0.3, 0.4) is 0 Å². The lowest BCUT2D eigenvalue weighted by Crippen LogP contribution is -2.36. The summed E-state index contributed by atoms with van der Waals surface area (Å²) < 4.78 is 4.90. The Balaban J connectivity index is 1.92. The molecule has 1 aromatic rings. The summed E-state index contributed by atoms with van der Waals surface area (Å²) in [6.45, 7) is 1.95. The molecule has 1 aliphatic rings. The summed E-state index contributed by atoms with van der Waals surface area (Å²) >= 11 is 0. The van der Waals surface area contributed by atoms with Gasteiger partial charge < -0.3 is 14.9 Å². The van der Waals surface area contributed by atoms with Gasteiger partial charge >= 0.3 is 5.97 Å². The zero-order valence-electron chi connectivity index (χ0n) is 8.82. The zero-order valence-corrected chi connectivity index (χ0v) is 8.82. The third kappa shape index (κ3) is 1.78. The Kier molecular flexibility index (Phi) is 2.41. The molecular weight excluding hydrogens is 212 g/mol. The monoisotopic (exact) mass is 224 g/mol. The third-order valence-corrected chi connectivity index (χ3v) is 2.69. The standard InChI is InChI=1S/C10H12N2O4/c1-6-4-7(16-12-6)5-11-8(13)10(2-3-10)9(14)15/h4H,2-3,5H2,1H3,(H,11,13)(H,14,15). The van der Waals surface area contributed by atoms with Gasteiger partial charge in [0.1, 0.15) is 5.41 Å². The number of carbonyl (C=O) groups excluding carboxylic acids is 1. The highest BCUT2D eigenvalue weighted by Gasteiger charge is 2.56. The van der Waals surface area contributed by atoms with Crippen molar-refractivity contribution in [2.24, 2.45) is 5.41 Å². The van der Waals surface area contributed by atoms with E-state index in [-0.39, 0.29) is 6.54 Å². The fourth-order valence-corrected chi connectivity index (χ4v) is 1.50. The van der Waals surface area contributed by atoms with Gasteiger partial charge in [0.05, 0.1) is 12.2 Å². The van der Waals surface area contributed by atoms with E-state index in [4.69, 9.17) is 9.63 Å². The van der Waals surface area contributed by atoms with Crippen molar-refractivity contribution >= 4 is 11.9 Å². The molecular formula is C10H12N2O4. The van der Waals surface area contributed by atoms with Gasteiger partial charge in [-0.1, -0.05) is 5.16 Å². The first-order chi connectivity index (χ1) is 7.54. The van der Waals surface area contributed by atoms with Crippen LogP contribution < -0.4 is 5.32 Å². The SMILES string of the molecule is Cc1cc(CNC(=O)C2(C(=O)O)CC2)on1. The van der Waals surface area contributed by atoms with Crippen molar-refractivity contribution in [2.75, 3.05) is 0 Å². The van der Waals surface area contributed by atoms with Crippen molar-refractivity contribution in [2.45, 2.75) is 26.3 Å². The summed E-state index contributed by atoms with van der Waals surface area (Å²) in [5, 5.41) is 15.1. The molecule has 0 aromatic carbocycles. The molecule has 16 heavy (non-hydrogen) atoms. The summed E-state index contributed by atoms with van der Waals surface area (Å²) in [7, 11) is 0. The molecule has 2 rings (SSSR count). The quantitative estimate of drug-likeness (QED) is 0.725. The predicted octanol–water partition coefficient (Wildman–Crippen LogP) is 0.464. The Hall–Kier alpha value is -1.85. The normalized spacial score (nSPS) is 16.8. The second kappa shape index (κ2) is 3.62. The number of hydrogen-bond donors (Lipinski definition) is 2. The molecule has 2 N–H and O–H groups in total. The molecule has 6 nitrogen and oxygen atoms in total. The van der Waals surface area contributed by atoms with Crippen molar-refractivity contribution in [1.82, 2.24) is 10.5 Å². The molecule has 86 valence electrons. The molecule has 1 saturated carbocycles. The topological polar surface area (TPSA) is 92.4 Å². The van der Waals surface area contributed by atoms with Gasteiger partial charge in [-0.05, 0) is 19.8 Å². The van der Waals surface area contributed by atoms with Crippen LogP contribution in [0.2, 0.25) is 0 Å². The fourth-order valence-electron chi connectivity index (χ4n) is 1.50. The van der Waals surface area contributed by atoms with Crippen LogP contribution >= 0.6 is 0 Å². The molecule has 0 radical (unpaired) electrons. The number of nitrogens with one attached hydrogen (secondary N) is 1. The first-order valence-electron chi connectivity index (χ1n) is 4.98. The Bertz CT molecular complexity index is 434. The lowest BCUT2D eigenvalue weighted by atomic mass is 10.1. The minimum Gasteiger partial charge on any atom is -0.480 e. The summed E-state index contributed by atoms with van der Waals surface area (Å²) in [6.07, 6.45) is 0.813. The predicted molar refractivity (Wildman–Crippen MR) is 52.4 cm³/mol. The second-order valence-corrected chi connectivity index (χ2v) is 4.00. The molecule has 0 saturated heterocycles. The number of carbonyl (C=O) groups is 2. The van der Waals surface area contributed by atoms with Gasteiger partial charge in [-0.25, -0.2) is 0 Å². The van der Waals surface area contributed by atoms with Crippen molar-refractivity contribution in [3.8, 4) is 0 Å². The van der Waals surface area contributed by atoms with E-state index in [2.05, 4.69) is 10.5 Å². The van der Waals surface area contributed by atoms with E-state index in [1.807, 2.05) is 0 Å².